The molecule has 0 saturated carbocycles. The predicted molar refractivity (Wildman–Crippen MR) is 98.5 cm³/mol. The Morgan fingerprint density at radius 1 is 0.875 bits per heavy atom. The van der Waals surface area contributed by atoms with Crippen molar-refractivity contribution in [2.75, 3.05) is 19.6 Å². The van der Waals surface area contributed by atoms with Gasteiger partial charge in [0, 0.05) is 16.0 Å². The zero-order valence-electron chi connectivity index (χ0n) is 13.5. The van der Waals surface area contributed by atoms with E-state index in [0.717, 1.165) is 31.0 Å². The van der Waals surface area contributed by atoms with E-state index < -0.39 is 0 Å². The van der Waals surface area contributed by atoms with Crippen molar-refractivity contribution in [3.05, 3.63) is 76.4 Å². The van der Waals surface area contributed by atoms with E-state index >= 15 is 0 Å². The molecule has 0 atom stereocenters. The molecule has 0 radical (unpaired) electrons. The van der Waals surface area contributed by atoms with Gasteiger partial charge < -0.3 is 5.32 Å². The van der Waals surface area contributed by atoms with Gasteiger partial charge in [0.1, 0.15) is 0 Å². The first-order valence-corrected chi connectivity index (χ1v) is 8.79. The van der Waals surface area contributed by atoms with Gasteiger partial charge in [0.25, 0.3) is 0 Å². The molecule has 24 heavy (non-hydrogen) atoms. The maximum atomic E-state index is 6.10. The van der Waals surface area contributed by atoms with E-state index in [1.54, 1.807) is 0 Å². The Morgan fingerprint density at radius 3 is 2.08 bits per heavy atom. The van der Waals surface area contributed by atoms with Crippen molar-refractivity contribution in [2.45, 2.75) is 18.3 Å². The van der Waals surface area contributed by atoms with Crippen molar-refractivity contribution >= 4 is 17.2 Å². The Kier molecular flexibility index (Phi) is 4.21. The summed E-state index contributed by atoms with van der Waals surface area (Å²) >= 11 is 6.10. The molecule has 2 aromatic carbocycles. The smallest absolute Gasteiger partial charge is 0.0874 e. The Balaban J connectivity index is 1.72. The molecule has 0 amide bonds. The lowest BCUT2D eigenvalue weighted by Gasteiger charge is -2.39. The Hall–Kier alpha value is -1.97. The second-order valence-electron chi connectivity index (χ2n) is 6.49. The minimum absolute atomic E-state index is 0.0627. The topological polar surface area (TPSA) is 36.8 Å². The van der Waals surface area contributed by atoms with Crippen LogP contribution in [0.3, 0.4) is 0 Å². The second-order valence-corrected chi connectivity index (χ2v) is 6.92. The molecule has 3 nitrogen and oxygen atoms in total. The van der Waals surface area contributed by atoms with Crippen molar-refractivity contribution < 1.29 is 0 Å². The van der Waals surface area contributed by atoms with Crippen molar-refractivity contribution in [2.24, 2.45) is 10.2 Å². The van der Waals surface area contributed by atoms with E-state index in [2.05, 4.69) is 51.9 Å². The Morgan fingerprint density at radius 2 is 1.50 bits per heavy atom. The van der Waals surface area contributed by atoms with Crippen LogP contribution in [0.2, 0.25) is 5.02 Å². The highest BCUT2D eigenvalue weighted by atomic mass is 35.5. The standard InChI is InChI=1S/C20H20ClN3/c21-19-7-5-18(6-8-19)20(9-11-22-12-10-20)17-3-1-15(2-4-17)16-13-23-24-14-16/h1-8,13,22H,9-12,14H2. The number of nitrogens with one attached hydrogen (secondary N) is 1. The van der Waals surface area contributed by atoms with Gasteiger partial charge in [-0.1, -0.05) is 48.0 Å². The molecule has 4 heteroatoms. The lowest BCUT2D eigenvalue weighted by molar-refractivity contribution is 0.362. The number of hydrogen-bond acceptors (Lipinski definition) is 3. The van der Waals surface area contributed by atoms with Crippen LogP contribution in [0.15, 0.2) is 65.0 Å². The number of piperidine rings is 1. The number of azo groups is 1. The summed E-state index contributed by atoms with van der Waals surface area (Å²) in [6.45, 7) is 2.76. The molecule has 2 aromatic rings. The van der Waals surface area contributed by atoms with Gasteiger partial charge in [0.2, 0.25) is 0 Å². The zero-order valence-corrected chi connectivity index (χ0v) is 14.3. The van der Waals surface area contributed by atoms with Gasteiger partial charge in [0.05, 0.1) is 12.7 Å². The van der Waals surface area contributed by atoms with Crippen LogP contribution in [-0.4, -0.2) is 19.6 Å². The van der Waals surface area contributed by atoms with Crippen LogP contribution in [-0.2, 0) is 5.41 Å². The molecule has 122 valence electrons. The summed E-state index contributed by atoms with van der Waals surface area (Å²) in [5.41, 5.74) is 5.19. The molecule has 0 unspecified atom stereocenters. The summed E-state index contributed by atoms with van der Waals surface area (Å²) in [6.07, 6.45) is 4.05. The molecule has 2 heterocycles. The van der Waals surface area contributed by atoms with Gasteiger partial charge in [-0.2, -0.15) is 10.2 Å². The van der Waals surface area contributed by atoms with Gasteiger partial charge in [-0.15, -0.1) is 0 Å². The normalized spacial score (nSPS) is 19.3. The van der Waals surface area contributed by atoms with Crippen molar-refractivity contribution in [1.82, 2.24) is 5.32 Å². The molecule has 0 aliphatic carbocycles. The molecule has 0 spiro atoms. The third-order valence-electron chi connectivity index (χ3n) is 5.20. The van der Waals surface area contributed by atoms with Gasteiger partial charge in [-0.25, -0.2) is 0 Å². The van der Waals surface area contributed by atoms with Gasteiger partial charge in [-0.05, 0) is 54.8 Å². The van der Waals surface area contributed by atoms with Crippen LogP contribution >= 0.6 is 11.6 Å². The molecule has 1 fully saturated rings. The van der Waals surface area contributed by atoms with E-state index in [-0.39, 0.29) is 5.41 Å². The maximum absolute atomic E-state index is 6.10. The number of hydrogen-bond donors (Lipinski definition) is 1. The SMILES string of the molecule is Clc1ccc(C2(c3ccc(C4=CN=NC4)cc3)CCNCC2)cc1. The van der Waals surface area contributed by atoms with E-state index in [4.69, 9.17) is 11.6 Å². The van der Waals surface area contributed by atoms with Gasteiger partial charge >= 0.3 is 0 Å². The fourth-order valence-electron chi connectivity index (χ4n) is 3.80. The summed E-state index contributed by atoms with van der Waals surface area (Å²) < 4.78 is 0. The fraction of sp³-hybridized carbons (Fsp3) is 0.300. The summed E-state index contributed by atoms with van der Waals surface area (Å²) in [4.78, 5) is 0. The number of nitrogens with zero attached hydrogens (tertiary/aromatic N) is 2. The van der Waals surface area contributed by atoms with Crippen LogP contribution in [0, 0.1) is 0 Å². The minimum atomic E-state index is 0.0627. The first-order valence-electron chi connectivity index (χ1n) is 8.41. The van der Waals surface area contributed by atoms with Crippen molar-refractivity contribution in [1.29, 1.82) is 0 Å². The second kappa shape index (κ2) is 6.50. The van der Waals surface area contributed by atoms with Crippen molar-refractivity contribution in [3.63, 3.8) is 0 Å². The third kappa shape index (κ3) is 2.79. The van der Waals surface area contributed by atoms with Crippen molar-refractivity contribution in [3.8, 4) is 0 Å². The summed E-state index contributed by atoms with van der Waals surface area (Å²) in [7, 11) is 0. The van der Waals surface area contributed by atoms with E-state index in [1.165, 1.54) is 22.3 Å². The van der Waals surface area contributed by atoms with E-state index in [0.29, 0.717) is 6.54 Å². The van der Waals surface area contributed by atoms with Crippen LogP contribution in [0.4, 0.5) is 0 Å². The van der Waals surface area contributed by atoms with Crippen LogP contribution in [0.1, 0.15) is 29.5 Å². The lowest BCUT2D eigenvalue weighted by atomic mass is 9.68. The predicted octanol–water partition coefficient (Wildman–Crippen LogP) is 4.82. The summed E-state index contributed by atoms with van der Waals surface area (Å²) in [6, 6.07) is 17.3. The molecule has 2 aliphatic rings. The number of halogens is 1. The van der Waals surface area contributed by atoms with E-state index in [9.17, 15) is 0 Å². The highest BCUT2D eigenvalue weighted by Gasteiger charge is 2.35. The molecule has 0 aromatic heterocycles. The monoisotopic (exact) mass is 337 g/mol. The van der Waals surface area contributed by atoms with Crippen LogP contribution in [0.25, 0.3) is 5.57 Å². The van der Waals surface area contributed by atoms with Gasteiger partial charge in [0.15, 0.2) is 0 Å². The molecular formula is C20H20ClN3. The average Bonchev–Trinajstić information content (AvgIpc) is 3.18. The zero-order chi connectivity index (χ0) is 16.4. The molecule has 1 saturated heterocycles. The summed E-state index contributed by atoms with van der Waals surface area (Å²) in [5, 5.41) is 12.3. The van der Waals surface area contributed by atoms with Gasteiger partial charge in [-0.3, -0.25) is 0 Å². The van der Waals surface area contributed by atoms with Crippen LogP contribution < -0.4 is 5.32 Å². The molecule has 2 aliphatic heterocycles. The first kappa shape index (κ1) is 15.6. The average molecular weight is 338 g/mol. The molecular weight excluding hydrogens is 318 g/mol. The summed E-state index contributed by atoms with van der Waals surface area (Å²) in [5.74, 6) is 0. The Labute approximate surface area is 147 Å². The lowest BCUT2D eigenvalue weighted by Crippen LogP contribution is -2.40. The molecule has 1 N–H and O–H groups in total. The van der Waals surface area contributed by atoms with E-state index in [1.807, 2.05) is 18.3 Å². The number of benzene rings is 2. The molecule has 0 bridgehead atoms. The molecule has 4 rings (SSSR count). The largest absolute Gasteiger partial charge is 0.317 e. The Bertz CT molecular complexity index is 770. The highest BCUT2D eigenvalue weighted by Crippen LogP contribution is 2.41. The number of rotatable bonds is 3. The van der Waals surface area contributed by atoms with Crippen LogP contribution in [0.5, 0.6) is 0 Å². The first-order chi connectivity index (χ1) is 11.8. The third-order valence-corrected chi connectivity index (χ3v) is 5.45. The minimum Gasteiger partial charge on any atom is -0.317 e. The fourth-order valence-corrected chi connectivity index (χ4v) is 3.93. The quantitative estimate of drug-likeness (QED) is 0.856. The highest BCUT2D eigenvalue weighted by molar-refractivity contribution is 6.30. The maximum Gasteiger partial charge on any atom is 0.0874 e.